The third-order valence-electron chi connectivity index (χ3n) is 4.01. The predicted molar refractivity (Wildman–Crippen MR) is 68.4 cm³/mol. The molecule has 0 aromatic carbocycles. The third kappa shape index (κ3) is 2.05. The van der Waals surface area contributed by atoms with Crippen molar-refractivity contribution in [3.63, 3.8) is 0 Å². The average molecular weight is 246 g/mol. The summed E-state index contributed by atoms with van der Waals surface area (Å²) in [7, 11) is 0. The second-order valence-electron chi connectivity index (χ2n) is 5.26. The molecule has 2 aliphatic carbocycles. The van der Waals surface area contributed by atoms with Crippen LogP contribution in [0.25, 0.3) is 0 Å². The van der Waals surface area contributed by atoms with E-state index in [-0.39, 0.29) is 0 Å². The van der Waals surface area contributed by atoms with Crippen molar-refractivity contribution >= 4 is 11.9 Å². The third-order valence-corrected chi connectivity index (χ3v) is 4.01. The van der Waals surface area contributed by atoms with Gasteiger partial charge in [-0.05, 0) is 32.1 Å². The molecule has 0 spiro atoms. The molecular weight excluding hydrogens is 228 g/mol. The van der Waals surface area contributed by atoms with Crippen LogP contribution in [-0.4, -0.2) is 21.9 Å². The van der Waals surface area contributed by atoms with E-state index in [0.29, 0.717) is 23.5 Å². The van der Waals surface area contributed by atoms with Crippen LogP contribution >= 0.6 is 0 Å². The Labute approximate surface area is 106 Å². The van der Waals surface area contributed by atoms with Crippen LogP contribution in [0, 0.1) is 0 Å². The minimum Gasteiger partial charge on any atom is -0.365 e. The van der Waals surface area contributed by atoms with Gasteiger partial charge in [-0.25, -0.2) is 9.97 Å². The first kappa shape index (κ1) is 11.4. The number of hydrogen-bond donors (Lipinski definition) is 2. The number of primary amides is 1. The topological polar surface area (TPSA) is 80.9 Å². The Hall–Kier alpha value is -1.65. The average Bonchev–Trinajstić information content (AvgIpc) is 2.21. The second kappa shape index (κ2) is 4.55. The molecule has 0 aliphatic heterocycles. The van der Waals surface area contributed by atoms with E-state index in [4.69, 9.17) is 5.73 Å². The van der Waals surface area contributed by atoms with Gasteiger partial charge in [0.1, 0.15) is 0 Å². The first-order chi connectivity index (χ1) is 8.74. The Kier molecular flexibility index (Phi) is 2.89. The largest absolute Gasteiger partial charge is 0.365 e. The van der Waals surface area contributed by atoms with Crippen LogP contribution in [0.2, 0.25) is 0 Å². The fourth-order valence-electron chi connectivity index (χ4n) is 2.38. The zero-order chi connectivity index (χ0) is 12.5. The van der Waals surface area contributed by atoms with E-state index >= 15 is 0 Å². The maximum absolute atomic E-state index is 11.4. The summed E-state index contributed by atoms with van der Waals surface area (Å²) in [6.45, 7) is 0. The highest BCUT2D eigenvalue weighted by molar-refractivity contribution is 5.93. The highest BCUT2D eigenvalue weighted by Gasteiger charge is 2.27. The Balaban J connectivity index is 1.85. The molecule has 96 valence electrons. The lowest BCUT2D eigenvalue weighted by atomic mass is 9.81. The molecule has 2 fully saturated rings. The van der Waals surface area contributed by atoms with Crippen molar-refractivity contribution < 1.29 is 4.79 Å². The lowest BCUT2D eigenvalue weighted by Crippen LogP contribution is -2.29. The number of nitrogens with zero attached hydrogens (tertiary/aromatic N) is 2. The van der Waals surface area contributed by atoms with Crippen LogP contribution in [0.15, 0.2) is 6.20 Å². The van der Waals surface area contributed by atoms with Crippen LogP contribution in [-0.2, 0) is 0 Å². The molecule has 1 aromatic heterocycles. The molecule has 0 saturated heterocycles. The minimum atomic E-state index is -0.424. The summed E-state index contributed by atoms with van der Waals surface area (Å²) in [5, 5.41) is 3.31. The predicted octanol–water partition coefficient (Wildman–Crippen LogP) is 1.81. The highest BCUT2D eigenvalue weighted by Crippen LogP contribution is 2.37. The van der Waals surface area contributed by atoms with Gasteiger partial charge in [0, 0.05) is 18.2 Å². The fraction of sp³-hybridized carbons (Fsp3) is 0.615. The molecule has 18 heavy (non-hydrogen) atoms. The number of hydrogen-bond acceptors (Lipinski definition) is 4. The van der Waals surface area contributed by atoms with Crippen molar-refractivity contribution in [2.75, 3.05) is 5.32 Å². The fourth-order valence-corrected chi connectivity index (χ4v) is 2.38. The smallest absolute Gasteiger partial charge is 0.252 e. The molecule has 1 aromatic rings. The summed E-state index contributed by atoms with van der Waals surface area (Å²) in [4.78, 5) is 20.1. The van der Waals surface area contributed by atoms with Gasteiger partial charge in [-0.1, -0.05) is 6.42 Å². The minimum absolute atomic E-state index is 0.387. The number of carbonyl (C=O) groups excluding carboxylic acids is 1. The number of amides is 1. The van der Waals surface area contributed by atoms with Crippen LogP contribution in [0.3, 0.4) is 0 Å². The second-order valence-corrected chi connectivity index (χ2v) is 5.26. The van der Waals surface area contributed by atoms with Crippen LogP contribution in [0.5, 0.6) is 0 Å². The summed E-state index contributed by atoms with van der Waals surface area (Å²) in [5.74, 6) is 0.608. The SMILES string of the molecule is NC(=O)c1cnc(NC2CCC2)nc1C1CCC1. The normalized spacial score (nSPS) is 20.0. The lowest BCUT2D eigenvalue weighted by molar-refractivity contribution is 0.0997. The standard InChI is InChI=1S/C13H18N4O/c14-12(18)10-7-15-13(16-9-5-2-6-9)17-11(10)8-3-1-4-8/h7-9H,1-6H2,(H2,14,18)(H,15,16,17). The van der Waals surface area contributed by atoms with Gasteiger partial charge in [0.05, 0.1) is 11.3 Å². The van der Waals surface area contributed by atoms with Crippen LogP contribution < -0.4 is 11.1 Å². The zero-order valence-electron chi connectivity index (χ0n) is 10.4. The first-order valence-electron chi connectivity index (χ1n) is 6.67. The van der Waals surface area contributed by atoms with Crippen molar-refractivity contribution in [3.8, 4) is 0 Å². The van der Waals surface area contributed by atoms with Crippen molar-refractivity contribution in [2.45, 2.75) is 50.5 Å². The maximum atomic E-state index is 11.4. The number of aromatic nitrogens is 2. The van der Waals surface area contributed by atoms with E-state index in [2.05, 4.69) is 15.3 Å². The lowest BCUT2D eigenvalue weighted by Gasteiger charge is -2.29. The van der Waals surface area contributed by atoms with Gasteiger partial charge < -0.3 is 11.1 Å². The Morgan fingerprint density at radius 1 is 1.28 bits per heavy atom. The van der Waals surface area contributed by atoms with Crippen molar-refractivity contribution in [2.24, 2.45) is 5.73 Å². The van der Waals surface area contributed by atoms with E-state index in [9.17, 15) is 4.79 Å². The molecule has 0 radical (unpaired) electrons. The number of rotatable bonds is 4. The molecular formula is C13H18N4O. The molecule has 1 amide bonds. The molecule has 0 bridgehead atoms. The van der Waals surface area contributed by atoms with Gasteiger partial charge in [-0.15, -0.1) is 0 Å². The highest BCUT2D eigenvalue weighted by atomic mass is 16.1. The molecule has 5 nitrogen and oxygen atoms in total. The molecule has 2 saturated carbocycles. The number of carbonyl (C=O) groups is 1. The molecule has 3 rings (SSSR count). The summed E-state index contributed by atoms with van der Waals surface area (Å²) in [6, 6.07) is 0.499. The van der Waals surface area contributed by atoms with Gasteiger partial charge in [0.15, 0.2) is 0 Å². The molecule has 0 unspecified atom stereocenters. The Morgan fingerprint density at radius 3 is 2.50 bits per heavy atom. The quantitative estimate of drug-likeness (QED) is 0.849. The van der Waals surface area contributed by atoms with Gasteiger partial charge >= 0.3 is 0 Å². The van der Waals surface area contributed by atoms with E-state index < -0.39 is 5.91 Å². The molecule has 5 heteroatoms. The van der Waals surface area contributed by atoms with Gasteiger partial charge in [0.25, 0.3) is 5.91 Å². The maximum Gasteiger partial charge on any atom is 0.252 e. The monoisotopic (exact) mass is 246 g/mol. The number of nitrogens with one attached hydrogen (secondary N) is 1. The Morgan fingerprint density at radius 2 is 2.00 bits per heavy atom. The van der Waals surface area contributed by atoms with E-state index in [0.717, 1.165) is 18.5 Å². The summed E-state index contributed by atoms with van der Waals surface area (Å²) in [6.07, 6.45) is 8.61. The molecule has 3 N–H and O–H groups in total. The zero-order valence-corrected chi connectivity index (χ0v) is 10.4. The van der Waals surface area contributed by atoms with E-state index in [1.54, 1.807) is 6.20 Å². The number of anilines is 1. The summed E-state index contributed by atoms with van der Waals surface area (Å²) >= 11 is 0. The van der Waals surface area contributed by atoms with Crippen LogP contribution in [0.1, 0.15) is 60.5 Å². The van der Waals surface area contributed by atoms with Crippen molar-refractivity contribution in [3.05, 3.63) is 17.5 Å². The van der Waals surface area contributed by atoms with Gasteiger partial charge in [-0.2, -0.15) is 0 Å². The van der Waals surface area contributed by atoms with E-state index in [1.807, 2.05) is 0 Å². The number of nitrogens with two attached hydrogens (primary N) is 1. The summed E-state index contributed by atoms with van der Waals surface area (Å²) < 4.78 is 0. The first-order valence-corrected chi connectivity index (χ1v) is 6.67. The van der Waals surface area contributed by atoms with Crippen LogP contribution in [0.4, 0.5) is 5.95 Å². The van der Waals surface area contributed by atoms with Gasteiger partial charge in [-0.3, -0.25) is 4.79 Å². The molecule has 0 atom stereocenters. The molecule has 2 aliphatic rings. The molecule has 1 heterocycles. The van der Waals surface area contributed by atoms with E-state index in [1.165, 1.54) is 25.7 Å². The summed E-state index contributed by atoms with van der Waals surface area (Å²) in [5.41, 5.74) is 6.70. The van der Waals surface area contributed by atoms with Crippen molar-refractivity contribution in [1.29, 1.82) is 0 Å². The van der Waals surface area contributed by atoms with Gasteiger partial charge in [0.2, 0.25) is 5.95 Å². The van der Waals surface area contributed by atoms with Crippen molar-refractivity contribution in [1.82, 2.24) is 9.97 Å². The Bertz CT molecular complexity index is 466.